The Morgan fingerprint density at radius 3 is 2.50 bits per heavy atom. The summed E-state index contributed by atoms with van der Waals surface area (Å²) in [5.41, 5.74) is 0.968. The van der Waals surface area contributed by atoms with Crippen molar-refractivity contribution in [3.63, 3.8) is 0 Å². The maximum absolute atomic E-state index is 13.2. The highest BCUT2D eigenvalue weighted by molar-refractivity contribution is 9.11. The van der Waals surface area contributed by atoms with E-state index in [4.69, 9.17) is 14.2 Å². The number of rotatable bonds is 6. The Labute approximate surface area is 231 Å². The summed E-state index contributed by atoms with van der Waals surface area (Å²) in [5.74, 6) is -0.381. The number of nitrogens with zero attached hydrogens (tertiary/aromatic N) is 2. The van der Waals surface area contributed by atoms with Gasteiger partial charge in [0.25, 0.3) is 17.5 Å². The van der Waals surface area contributed by atoms with Crippen molar-refractivity contribution in [2.45, 2.75) is 6.61 Å². The molecule has 0 radical (unpaired) electrons. The first-order valence-corrected chi connectivity index (χ1v) is 12.5. The molecule has 1 fully saturated rings. The third-order valence-electron chi connectivity index (χ3n) is 5.55. The second-order valence-electron chi connectivity index (χ2n) is 8.02. The fraction of sp³-hybridized carbons (Fsp3) is 0.0800. The summed E-state index contributed by atoms with van der Waals surface area (Å²) in [5, 5.41) is 13.2. The number of carbonyl (C=O) groups excluding carboxylic acids is 3. The largest absolute Gasteiger partial charge is 0.487 e. The minimum atomic E-state index is -0.886. The first-order valence-electron chi connectivity index (χ1n) is 10.9. The Hall–Kier alpha value is -4.23. The fourth-order valence-electron chi connectivity index (χ4n) is 3.80. The van der Waals surface area contributed by atoms with Crippen molar-refractivity contribution in [1.82, 2.24) is 5.32 Å². The summed E-state index contributed by atoms with van der Waals surface area (Å²) in [6.07, 6.45) is 1.35. The molecule has 1 saturated heterocycles. The topological polar surface area (TPSA) is 137 Å². The third-order valence-corrected chi connectivity index (χ3v) is 6.73. The van der Waals surface area contributed by atoms with Crippen molar-refractivity contribution in [1.29, 1.82) is 0 Å². The number of hydrogen-bond donors (Lipinski definition) is 1. The fourth-order valence-corrected chi connectivity index (χ4v) is 5.25. The van der Waals surface area contributed by atoms with Crippen LogP contribution in [-0.4, -0.2) is 29.6 Å². The van der Waals surface area contributed by atoms with Crippen LogP contribution in [0.1, 0.15) is 11.1 Å². The molecule has 13 heteroatoms. The molecular formula is C25H15Br2N3O8. The van der Waals surface area contributed by atoms with Crippen LogP contribution in [0.15, 0.2) is 69.1 Å². The number of halogens is 2. The third kappa shape index (κ3) is 4.97. The number of barbiturate groups is 1. The lowest BCUT2D eigenvalue weighted by molar-refractivity contribution is -0.384. The van der Waals surface area contributed by atoms with Gasteiger partial charge >= 0.3 is 6.03 Å². The molecule has 38 heavy (non-hydrogen) atoms. The molecule has 0 aromatic heterocycles. The highest BCUT2D eigenvalue weighted by atomic mass is 79.9. The zero-order valence-corrected chi connectivity index (χ0v) is 22.3. The Morgan fingerprint density at radius 1 is 1.03 bits per heavy atom. The maximum atomic E-state index is 13.2. The van der Waals surface area contributed by atoms with Crippen molar-refractivity contribution in [2.75, 3.05) is 11.7 Å². The molecule has 2 aliphatic rings. The summed E-state index contributed by atoms with van der Waals surface area (Å²) in [6.45, 7) is 0.0874. The van der Waals surface area contributed by atoms with Gasteiger partial charge in [-0.15, -0.1) is 0 Å². The maximum Gasteiger partial charge on any atom is 0.335 e. The number of benzene rings is 3. The van der Waals surface area contributed by atoms with Gasteiger partial charge < -0.3 is 14.2 Å². The number of carbonyl (C=O) groups is 3. The molecule has 2 heterocycles. The highest BCUT2D eigenvalue weighted by Crippen LogP contribution is 2.38. The standard InChI is InChI=1S/C25H15Br2N3O8/c26-18-8-14(9-19(27)22(18)36-11-13-2-1-3-16(6-13)30(34)35)7-17-23(31)28-25(33)29(24(17)32)15-4-5-20-21(10-15)38-12-37-20/h1-10H,11-12H2,(H,28,31,33)/b17-7+. The quantitative estimate of drug-likeness (QED) is 0.169. The minimum absolute atomic E-state index is 0.0251. The van der Waals surface area contributed by atoms with Crippen LogP contribution in [-0.2, 0) is 16.2 Å². The molecule has 0 atom stereocenters. The minimum Gasteiger partial charge on any atom is -0.487 e. The molecule has 1 N–H and O–H groups in total. The molecule has 11 nitrogen and oxygen atoms in total. The number of fused-ring (bicyclic) bond motifs is 1. The van der Waals surface area contributed by atoms with E-state index < -0.39 is 22.8 Å². The molecule has 3 aromatic carbocycles. The molecule has 0 bridgehead atoms. The van der Waals surface area contributed by atoms with Crippen LogP contribution in [0.25, 0.3) is 6.08 Å². The van der Waals surface area contributed by atoms with Crippen LogP contribution in [0.5, 0.6) is 17.2 Å². The van der Waals surface area contributed by atoms with Gasteiger partial charge in [0.1, 0.15) is 17.9 Å². The molecule has 0 aliphatic carbocycles. The number of nitro benzene ring substituents is 1. The van der Waals surface area contributed by atoms with Crippen LogP contribution in [0.4, 0.5) is 16.2 Å². The van der Waals surface area contributed by atoms with Gasteiger partial charge in [0.2, 0.25) is 6.79 Å². The molecule has 0 saturated carbocycles. The number of hydrogen-bond acceptors (Lipinski definition) is 8. The normalized spacial score (nSPS) is 15.6. The van der Waals surface area contributed by atoms with Gasteiger partial charge in [-0.05, 0) is 73.3 Å². The number of anilines is 1. The predicted molar refractivity (Wildman–Crippen MR) is 141 cm³/mol. The number of non-ortho nitro benzene ring substituents is 1. The smallest absolute Gasteiger partial charge is 0.335 e. The number of imide groups is 2. The van der Waals surface area contributed by atoms with Crippen molar-refractivity contribution in [3.8, 4) is 17.2 Å². The lowest BCUT2D eigenvalue weighted by Gasteiger charge is -2.26. The van der Waals surface area contributed by atoms with Crippen LogP contribution >= 0.6 is 31.9 Å². The first-order chi connectivity index (χ1) is 18.2. The Morgan fingerprint density at radius 2 is 1.76 bits per heavy atom. The van der Waals surface area contributed by atoms with E-state index in [0.717, 1.165) is 4.90 Å². The Kier molecular flexibility index (Phi) is 6.87. The summed E-state index contributed by atoms with van der Waals surface area (Å²) in [7, 11) is 0. The van der Waals surface area contributed by atoms with E-state index in [1.54, 1.807) is 30.3 Å². The van der Waals surface area contributed by atoms with Gasteiger partial charge in [0.05, 0.1) is 19.6 Å². The first kappa shape index (κ1) is 25.4. The van der Waals surface area contributed by atoms with E-state index in [2.05, 4.69) is 37.2 Å². The van der Waals surface area contributed by atoms with Gasteiger partial charge in [-0.1, -0.05) is 12.1 Å². The predicted octanol–water partition coefficient (Wildman–Crippen LogP) is 5.09. The van der Waals surface area contributed by atoms with Gasteiger partial charge in [-0.2, -0.15) is 0 Å². The zero-order chi connectivity index (χ0) is 27.0. The van der Waals surface area contributed by atoms with Crippen LogP contribution < -0.4 is 24.4 Å². The number of nitrogens with one attached hydrogen (secondary N) is 1. The van der Waals surface area contributed by atoms with Crippen molar-refractivity contribution < 1.29 is 33.5 Å². The molecule has 4 amide bonds. The number of nitro groups is 1. The molecule has 2 aliphatic heterocycles. The molecule has 3 aromatic rings. The Bertz CT molecular complexity index is 1530. The van der Waals surface area contributed by atoms with E-state index in [0.29, 0.717) is 37.3 Å². The van der Waals surface area contributed by atoms with Crippen LogP contribution in [0, 0.1) is 10.1 Å². The number of ether oxygens (including phenoxy) is 3. The summed E-state index contributed by atoms with van der Waals surface area (Å²) >= 11 is 6.85. The molecule has 0 spiro atoms. The SMILES string of the molecule is O=C1NC(=O)N(c2ccc3c(c2)OCO3)C(=O)/C1=C/c1cc(Br)c(OCc2cccc([N+](=O)[O-])c2)c(Br)c1. The second kappa shape index (κ2) is 10.3. The Balaban J connectivity index is 1.39. The molecule has 5 rings (SSSR count). The van der Waals surface area contributed by atoms with Crippen molar-refractivity contribution in [2.24, 2.45) is 0 Å². The average Bonchev–Trinajstić information content (AvgIpc) is 3.34. The highest BCUT2D eigenvalue weighted by Gasteiger charge is 2.37. The molecule has 192 valence electrons. The van der Waals surface area contributed by atoms with Gasteiger partial charge in [0, 0.05) is 18.2 Å². The average molecular weight is 645 g/mol. The summed E-state index contributed by atoms with van der Waals surface area (Å²) in [4.78, 5) is 49.7. The van der Waals surface area contributed by atoms with Crippen LogP contribution in [0.3, 0.4) is 0 Å². The number of amides is 4. The van der Waals surface area contributed by atoms with Gasteiger partial charge in [-0.25, -0.2) is 9.69 Å². The number of urea groups is 1. The molecule has 0 unspecified atom stereocenters. The zero-order valence-electron chi connectivity index (χ0n) is 19.1. The second-order valence-corrected chi connectivity index (χ2v) is 9.73. The summed E-state index contributed by atoms with van der Waals surface area (Å²) < 4.78 is 17.4. The lowest BCUT2D eigenvalue weighted by Crippen LogP contribution is -2.54. The van der Waals surface area contributed by atoms with Crippen molar-refractivity contribution >= 4 is 67.2 Å². The van der Waals surface area contributed by atoms with E-state index in [1.165, 1.54) is 30.3 Å². The van der Waals surface area contributed by atoms with E-state index >= 15 is 0 Å². The van der Waals surface area contributed by atoms with Gasteiger partial charge in [-0.3, -0.25) is 25.0 Å². The van der Waals surface area contributed by atoms with Gasteiger partial charge in [0.15, 0.2) is 11.5 Å². The summed E-state index contributed by atoms with van der Waals surface area (Å²) in [6, 6.07) is 13.0. The van der Waals surface area contributed by atoms with E-state index in [-0.39, 0.29) is 30.3 Å². The molecular weight excluding hydrogens is 630 g/mol. The van der Waals surface area contributed by atoms with Crippen molar-refractivity contribution in [3.05, 3.63) is 90.4 Å². The van der Waals surface area contributed by atoms with E-state index in [1.807, 2.05) is 0 Å². The monoisotopic (exact) mass is 643 g/mol. The van der Waals surface area contributed by atoms with E-state index in [9.17, 15) is 24.5 Å². The van der Waals surface area contributed by atoms with Crippen LogP contribution in [0.2, 0.25) is 0 Å². The lowest BCUT2D eigenvalue weighted by atomic mass is 10.1.